The maximum Gasteiger partial charge on any atom is 0.177 e. The van der Waals surface area contributed by atoms with Crippen LogP contribution in [0.5, 0.6) is 5.75 Å². The number of aromatic nitrogens is 5. The summed E-state index contributed by atoms with van der Waals surface area (Å²) in [5.41, 5.74) is 8.67. The van der Waals surface area contributed by atoms with Crippen molar-refractivity contribution in [3.63, 3.8) is 0 Å². The van der Waals surface area contributed by atoms with Crippen LogP contribution in [0.1, 0.15) is 29.8 Å². The maximum absolute atomic E-state index is 12.1. The van der Waals surface area contributed by atoms with E-state index in [1.165, 1.54) is 31.9 Å². The number of hydrogen-bond acceptors (Lipinski definition) is 9. The lowest BCUT2D eigenvalue weighted by atomic mass is 9.94. The molecule has 4 rings (SSSR count). The monoisotopic (exact) mass is 497 g/mol. The number of nitrogen functional groups attached to an aromatic ring is 1. The lowest BCUT2D eigenvalue weighted by molar-refractivity contribution is 0.403. The molecule has 0 radical (unpaired) electrons. The van der Waals surface area contributed by atoms with Crippen molar-refractivity contribution < 1.29 is 13.2 Å². The summed E-state index contributed by atoms with van der Waals surface area (Å²) in [6, 6.07) is 4.72. The Kier molecular flexibility index (Phi) is 5.89. The number of hydrogen-bond donors (Lipinski definition) is 1. The molecule has 174 valence electrons. The normalized spacial score (nSPS) is 12.5. The number of sulfone groups is 1. The van der Waals surface area contributed by atoms with Crippen LogP contribution in [-0.2, 0) is 9.84 Å². The summed E-state index contributed by atoms with van der Waals surface area (Å²) < 4.78 is 31.7. The van der Waals surface area contributed by atoms with Crippen LogP contribution in [-0.4, -0.2) is 46.5 Å². The molecule has 2 N–H and O–H groups in total. The average Bonchev–Trinajstić information content (AvgIpc) is 3.15. The van der Waals surface area contributed by atoms with Gasteiger partial charge in [0.05, 0.1) is 39.7 Å². The Morgan fingerprint density at radius 1 is 1.26 bits per heavy atom. The van der Waals surface area contributed by atoms with Gasteiger partial charge in [0.1, 0.15) is 24.0 Å². The van der Waals surface area contributed by atoms with Crippen LogP contribution in [0, 0.1) is 18.3 Å². The molecule has 12 heteroatoms. The summed E-state index contributed by atoms with van der Waals surface area (Å²) in [5.74, 6) is 0.652. The van der Waals surface area contributed by atoms with E-state index < -0.39 is 15.9 Å². The van der Waals surface area contributed by atoms with Crippen molar-refractivity contribution in [1.82, 2.24) is 24.7 Å². The number of nitrogens with two attached hydrogens (primary N) is 1. The molecule has 0 spiro atoms. The Morgan fingerprint density at radius 2 is 2.00 bits per heavy atom. The number of aryl methyl sites for hydroxylation is 1. The van der Waals surface area contributed by atoms with Crippen LogP contribution < -0.4 is 10.5 Å². The van der Waals surface area contributed by atoms with Crippen molar-refractivity contribution in [2.45, 2.75) is 24.8 Å². The van der Waals surface area contributed by atoms with E-state index in [2.05, 4.69) is 26.1 Å². The van der Waals surface area contributed by atoms with Gasteiger partial charge in [0.2, 0.25) is 0 Å². The second-order valence-electron chi connectivity index (χ2n) is 7.69. The summed E-state index contributed by atoms with van der Waals surface area (Å²) in [7, 11) is -2.07. The van der Waals surface area contributed by atoms with Crippen molar-refractivity contribution in [1.29, 1.82) is 5.26 Å². The van der Waals surface area contributed by atoms with E-state index >= 15 is 0 Å². The fourth-order valence-corrected chi connectivity index (χ4v) is 4.74. The molecule has 34 heavy (non-hydrogen) atoms. The number of pyridine rings is 1. The Labute approximate surface area is 200 Å². The highest BCUT2D eigenvalue weighted by Gasteiger charge is 2.26. The molecule has 1 atom stereocenters. The third kappa shape index (κ3) is 3.81. The maximum atomic E-state index is 12.1. The third-order valence-corrected chi connectivity index (χ3v) is 6.89. The second kappa shape index (κ2) is 8.55. The van der Waals surface area contributed by atoms with Gasteiger partial charge in [0, 0.05) is 35.3 Å². The number of anilines is 1. The first-order chi connectivity index (χ1) is 16.1. The van der Waals surface area contributed by atoms with Crippen LogP contribution in [0.3, 0.4) is 0 Å². The third-order valence-electron chi connectivity index (χ3n) is 5.52. The van der Waals surface area contributed by atoms with Gasteiger partial charge < -0.3 is 10.5 Å². The van der Waals surface area contributed by atoms with E-state index in [4.69, 9.17) is 22.1 Å². The Bertz CT molecular complexity index is 1590. The number of methoxy groups -OCH3 is 1. The zero-order valence-corrected chi connectivity index (χ0v) is 20.3. The van der Waals surface area contributed by atoms with Crippen LogP contribution in [0.25, 0.3) is 22.2 Å². The minimum atomic E-state index is -3.54. The van der Waals surface area contributed by atoms with E-state index in [0.29, 0.717) is 45.0 Å². The Morgan fingerprint density at radius 3 is 2.65 bits per heavy atom. The second-order valence-corrected chi connectivity index (χ2v) is 10.1. The zero-order valence-electron chi connectivity index (χ0n) is 18.7. The standard InChI is InChI=1S/C22H20ClN7O3S/c1-11-18-21(25)27-10-28-22(18)30(29-11)12(2)15-6-17(23)16(7-24)19(20(15)33-3)13-5-14(9-26-8-13)34(4,31)32/h5-6,8-10,12H,1-4H3,(H2,25,27,28). The number of halogens is 1. The summed E-state index contributed by atoms with van der Waals surface area (Å²) in [6.07, 6.45) is 5.15. The summed E-state index contributed by atoms with van der Waals surface area (Å²) >= 11 is 6.53. The molecule has 0 bridgehead atoms. The van der Waals surface area contributed by atoms with Gasteiger partial charge in [0.25, 0.3) is 0 Å². The topological polar surface area (TPSA) is 150 Å². The molecule has 3 heterocycles. The molecule has 3 aromatic heterocycles. The van der Waals surface area contributed by atoms with Gasteiger partial charge >= 0.3 is 0 Å². The Balaban J connectivity index is 2.01. The lowest BCUT2D eigenvalue weighted by Crippen LogP contribution is -2.12. The number of nitriles is 1. The number of ether oxygens (including phenoxy) is 1. The SMILES string of the molecule is COc1c(C(C)n2nc(C)c3c(N)ncnc32)cc(Cl)c(C#N)c1-c1cncc(S(C)(=O)=O)c1. The molecule has 1 aromatic carbocycles. The Hall–Kier alpha value is -3.75. The first kappa shape index (κ1) is 23.4. The summed E-state index contributed by atoms with van der Waals surface area (Å²) in [5, 5.41) is 15.3. The highest BCUT2D eigenvalue weighted by Crippen LogP contribution is 2.43. The molecule has 4 aromatic rings. The van der Waals surface area contributed by atoms with Gasteiger partial charge in [-0.15, -0.1) is 0 Å². The van der Waals surface area contributed by atoms with E-state index in [1.54, 1.807) is 10.7 Å². The van der Waals surface area contributed by atoms with E-state index in [0.717, 1.165) is 6.26 Å². The van der Waals surface area contributed by atoms with Crippen LogP contribution >= 0.6 is 11.6 Å². The lowest BCUT2D eigenvalue weighted by Gasteiger charge is -2.21. The van der Waals surface area contributed by atoms with Gasteiger partial charge in [-0.25, -0.2) is 23.1 Å². The molecular weight excluding hydrogens is 478 g/mol. The molecule has 0 aliphatic carbocycles. The van der Waals surface area contributed by atoms with Gasteiger partial charge in [-0.05, 0) is 26.0 Å². The van der Waals surface area contributed by atoms with Gasteiger partial charge in [-0.2, -0.15) is 10.4 Å². The van der Waals surface area contributed by atoms with Crippen LogP contribution in [0.15, 0.2) is 35.7 Å². The number of nitrogens with zero attached hydrogens (tertiary/aromatic N) is 6. The quantitative estimate of drug-likeness (QED) is 0.437. The molecular formula is C22H20ClN7O3S. The van der Waals surface area contributed by atoms with Crippen molar-refractivity contribution in [2.24, 2.45) is 0 Å². The van der Waals surface area contributed by atoms with E-state index in [1.807, 2.05) is 13.8 Å². The molecule has 10 nitrogen and oxygen atoms in total. The summed E-state index contributed by atoms with van der Waals surface area (Å²) in [4.78, 5) is 12.5. The van der Waals surface area contributed by atoms with Crippen molar-refractivity contribution in [2.75, 3.05) is 19.1 Å². The average molecular weight is 498 g/mol. The van der Waals surface area contributed by atoms with Gasteiger partial charge in [0.15, 0.2) is 15.5 Å². The molecule has 0 aliphatic heterocycles. The molecule has 1 unspecified atom stereocenters. The molecule has 0 saturated carbocycles. The van der Waals surface area contributed by atoms with E-state index in [-0.39, 0.29) is 15.5 Å². The zero-order chi connectivity index (χ0) is 24.8. The molecule has 0 saturated heterocycles. The van der Waals surface area contributed by atoms with Crippen molar-refractivity contribution >= 4 is 38.3 Å². The number of rotatable bonds is 5. The molecule has 0 fully saturated rings. The minimum absolute atomic E-state index is 0.00591. The fraction of sp³-hybridized carbons (Fsp3) is 0.227. The highest BCUT2D eigenvalue weighted by atomic mass is 35.5. The van der Waals surface area contributed by atoms with E-state index in [9.17, 15) is 13.7 Å². The van der Waals surface area contributed by atoms with Crippen molar-refractivity contribution in [3.05, 3.63) is 52.7 Å². The first-order valence-corrected chi connectivity index (χ1v) is 12.3. The minimum Gasteiger partial charge on any atom is -0.496 e. The van der Waals surface area contributed by atoms with Crippen LogP contribution in [0.4, 0.5) is 5.82 Å². The van der Waals surface area contributed by atoms with Crippen LogP contribution in [0.2, 0.25) is 5.02 Å². The van der Waals surface area contributed by atoms with Gasteiger partial charge in [-0.1, -0.05) is 11.6 Å². The van der Waals surface area contributed by atoms with Gasteiger partial charge in [-0.3, -0.25) is 4.98 Å². The largest absolute Gasteiger partial charge is 0.496 e. The predicted molar refractivity (Wildman–Crippen MR) is 127 cm³/mol. The highest BCUT2D eigenvalue weighted by molar-refractivity contribution is 7.90. The predicted octanol–water partition coefficient (Wildman–Crippen LogP) is 3.33. The first-order valence-electron chi connectivity index (χ1n) is 9.99. The molecule has 0 aliphatic rings. The smallest absolute Gasteiger partial charge is 0.177 e. The summed E-state index contributed by atoms with van der Waals surface area (Å²) in [6.45, 7) is 3.68. The fourth-order valence-electron chi connectivity index (χ4n) is 3.90. The number of benzene rings is 1. The number of fused-ring (bicyclic) bond motifs is 1. The molecule has 0 amide bonds. The van der Waals surface area contributed by atoms with Crippen molar-refractivity contribution in [3.8, 4) is 22.9 Å².